The molecule has 152 valence electrons. The maximum atomic E-state index is 13.3. The van der Waals surface area contributed by atoms with Gasteiger partial charge in [-0.05, 0) is 55.8 Å². The highest BCUT2D eigenvalue weighted by atomic mass is 16.4. The van der Waals surface area contributed by atoms with Gasteiger partial charge in [-0.15, -0.1) is 10.2 Å². The molecule has 0 N–H and O–H groups in total. The number of fused-ring (bicyclic) bond motifs is 1. The van der Waals surface area contributed by atoms with Gasteiger partial charge in [-0.2, -0.15) is 0 Å². The SMILES string of the molecule is Cc1cc2ccccc2n1CC(=O)N1CCCC[C@H]1c1nnc(-c2ccccn2)o1. The van der Waals surface area contributed by atoms with E-state index < -0.39 is 0 Å². The quantitative estimate of drug-likeness (QED) is 0.513. The smallest absolute Gasteiger partial charge is 0.266 e. The van der Waals surface area contributed by atoms with Crippen molar-refractivity contribution in [1.29, 1.82) is 0 Å². The van der Waals surface area contributed by atoms with Gasteiger partial charge >= 0.3 is 0 Å². The number of para-hydroxylation sites is 1. The second-order valence-electron chi connectivity index (χ2n) is 7.69. The lowest BCUT2D eigenvalue weighted by atomic mass is 10.0. The first-order chi connectivity index (χ1) is 14.7. The second-order valence-corrected chi connectivity index (χ2v) is 7.69. The van der Waals surface area contributed by atoms with Crippen LogP contribution in [-0.4, -0.2) is 37.1 Å². The zero-order valence-electron chi connectivity index (χ0n) is 16.9. The highest BCUT2D eigenvalue weighted by Crippen LogP contribution is 2.32. The number of hydrogen-bond acceptors (Lipinski definition) is 5. The Morgan fingerprint density at radius 3 is 2.87 bits per heavy atom. The Morgan fingerprint density at radius 2 is 2.00 bits per heavy atom. The van der Waals surface area contributed by atoms with Crippen LogP contribution in [0.5, 0.6) is 0 Å². The van der Waals surface area contributed by atoms with Crippen molar-refractivity contribution in [2.24, 2.45) is 0 Å². The minimum Gasteiger partial charge on any atom is -0.417 e. The Bertz CT molecular complexity index is 1180. The number of likely N-dealkylation sites (tertiary alicyclic amines) is 1. The van der Waals surface area contributed by atoms with Gasteiger partial charge in [0.05, 0.1) is 0 Å². The van der Waals surface area contributed by atoms with Crippen LogP contribution in [0.1, 0.15) is 36.9 Å². The van der Waals surface area contributed by atoms with Gasteiger partial charge in [-0.25, -0.2) is 0 Å². The van der Waals surface area contributed by atoms with Gasteiger partial charge in [0.2, 0.25) is 11.8 Å². The molecule has 3 aromatic heterocycles. The van der Waals surface area contributed by atoms with E-state index in [-0.39, 0.29) is 11.9 Å². The molecule has 0 unspecified atom stereocenters. The largest absolute Gasteiger partial charge is 0.417 e. The summed E-state index contributed by atoms with van der Waals surface area (Å²) in [4.78, 5) is 19.5. The van der Waals surface area contributed by atoms with Crippen molar-refractivity contribution in [1.82, 2.24) is 24.6 Å². The van der Waals surface area contributed by atoms with Crippen molar-refractivity contribution in [3.63, 3.8) is 0 Å². The summed E-state index contributed by atoms with van der Waals surface area (Å²) in [6.45, 7) is 3.04. The third kappa shape index (κ3) is 3.36. The lowest BCUT2D eigenvalue weighted by molar-refractivity contribution is -0.136. The fourth-order valence-corrected chi connectivity index (χ4v) is 4.23. The second kappa shape index (κ2) is 7.74. The molecule has 7 heteroatoms. The Hall–Kier alpha value is -3.48. The molecule has 4 aromatic rings. The zero-order valence-corrected chi connectivity index (χ0v) is 16.9. The standard InChI is InChI=1S/C23H23N5O2/c1-16-14-17-8-2-3-10-19(17)28(16)15-21(29)27-13-7-5-11-20(27)23-26-25-22(30-23)18-9-4-6-12-24-18/h2-4,6,8-10,12,14,20H,5,7,11,13,15H2,1H3/t20-/m0/s1. The minimum absolute atomic E-state index is 0.0711. The summed E-state index contributed by atoms with van der Waals surface area (Å²) < 4.78 is 8.01. The third-order valence-electron chi connectivity index (χ3n) is 5.74. The van der Waals surface area contributed by atoms with E-state index in [9.17, 15) is 4.79 Å². The fourth-order valence-electron chi connectivity index (χ4n) is 4.23. The number of piperidine rings is 1. The average Bonchev–Trinajstić information content (AvgIpc) is 3.40. The van der Waals surface area contributed by atoms with E-state index in [1.165, 1.54) is 0 Å². The highest BCUT2D eigenvalue weighted by Gasteiger charge is 2.32. The summed E-state index contributed by atoms with van der Waals surface area (Å²) >= 11 is 0. The van der Waals surface area contributed by atoms with Gasteiger partial charge in [0.15, 0.2) is 0 Å². The number of carbonyl (C=O) groups excluding carboxylic acids is 1. The lowest BCUT2D eigenvalue weighted by Gasteiger charge is -2.33. The van der Waals surface area contributed by atoms with E-state index >= 15 is 0 Å². The van der Waals surface area contributed by atoms with Gasteiger partial charge in [0, 0.05) is 24.0 Å². The Morgan fingerprint density at radius 1 is 1.13 bits per heavy atom. The molecular formula is C23H23N5O2. The van der Waals surface area contributed by atoms with Gasteiger partial charge in [-0.1, -0.05) is 24.3 Å². The van der Waals surface area contributed by atoms with Gasteiger partial charge < -0.3 is 13.9 Å². The Kier molecular flexibility index (Phi) is 4.78. The number of pyridine rings is 1. The number of aryl methyl sites for hydroxylation is 1. The highest BCUT2D eigenvalue weighted by molar-refractivity contribution is 5.84. The molecule has 0 spiro atoms. The van der Waals surface area contributed by atoms with E-state index in [4.69, 9.17) is 4.42 Å². The molecule has 0 saturated carbocycles. The minimum atomic E-state index is -0.196. The van der Waals surface area contributed by atoms with Gasteiger partial charge in [0.25, 0.3) is 5.89 Å². The lowest BCUT2D eigenvalue weighted by Crippen LogP contribution is -2.40. The molecule has 0 aliphatic carbocycles. The first-order valence-corrected chi connectivity index (χ1v) is 10.3. The Labute approximate surface area is 174 Å². The molecule has 1 aliphatic heterocycles. The molecular weight excluding hydrogens is 378 g/mol. The van der Waals surface area contributed by atoms with Crippen molar-refractivity contribution >= 4 is 16.8 Å². The molecule has 1 aromatic carbocycles. The molecule has 7 nitrogen and oxygen atoms in total. The van der Waals surface area contributed by atoms with Crippen molar-refractivity contribution in [2.75, 3.05) is 6.54 Å². The molecule has 1 aliphatic rings. The molecule has 0 radical (unpaired) electrons. The normalized spacial score (nSPS) is 16.8. The van der Waals surface area contributed by atoms with Crippen LogP contribution in [0.2, 0.25) is 0 Å². The summed E-state index contributed by atoms with van der Waals surface area (Å²) in [7, 11) is 0. The molecule has 1 amide bonds. The van der Waals surface area contributed by atoms with E-state index in [2.05, 4.69) is 37.9 Å². The van der Waals surface area contributed by atoms with Crippen molar-refractivity contribution in [3.05, 3.63) is 66.3 Å². The van der Waals surface area contributed by atoms with Gasteiger partial charge in [-0.3, -0.25) is 9.78 Å². The zero-order chi connectivity index (χ0) is 20.5. The molecule has 30 heavy (non-hydrogen) atoms. The maximum Gasteiger partial charge on any atom is 0.266 e. The molecule has 4 heterocycles. The van der Waals surface area contributed by atoms with Crippen LogP contribution < -0.4 is 0 Å². The summed E-state index contributed by atoms with van der Waals surface area (Å²) in [6, 6.07) is 15.6. The summed E-state index contributed by atoms with van der Waals surface area (Å²) in [5.74, 6) is 0.940. The summed E-state index contributed by atoms with van der Waals surface area (Å²) in [5.41, 5.74) is 2.79. The number of benzene rings is 1. The average molecular weight is 401 g/mol. The van der Waals surface area contributed by atoms with Crippen LogP contribution in [0.25, 0.3) is 22.5 Å². The molecule has 5 rings (SSSR count). The number of amides is 1. The van der Waals surface area contributed by atoms with Crippen LogP contribution in [0.3, 0.4) is 0 Å². The number of nitrogens with zero attached hydrogens (tertiary/aromatic N) is 5. The van der Waals surface area contributed by atoms with Crippen LogP contribution >= 0.6 is 0 Å². The van der Waals surface area contributed by atoms with E-state index in [1.54, 1.807) is 6.20 Å². The predicted molar refractivity (Wildman–Crippen MR) is 113 cm³/mol. The van der Waals surface area contributed by atoms with Crippen molar-refractivity contribution in [3.8, 4) is 11.6 Å². The first-order valence-electron chi connectivity index (χ1n) is 10.3. The molecule has 1 atom stereocenters. The topological polar surface area (TPSA) is 77.1 Å². The van der Waals surface area contributed by atoms with Crippen molar-refractivity contribution < 1.29 is 9.21 Å². The summed E-state index contributed by atoms with van der Waals surface area (Å²) in [5, 5.41) is 9.57. The van der Waals surface area contributed by atoms with Crippen LogP contribution in [0.15, 0.2) is 59.1 Å². The molecule has 1 fully saturated rings. The molecule has 0 bridgehead atoms. The van der Waals surface area contributed by atoms with Crippen LogP contribution in [0, 0.1) is 6.92 Å². The van der Waals surface area contributed by atoms with E-state index in [0.29, 0.717) is 30.6 Å². The van der Waals surface area contributed by atoms with E-state index in [0.717, 1.165) is 35.9 Å². The third-order valence-corrected chi connectivity index (χ3v) is 5.74. The van der Waals surface area contributed by atoms with Crippen LogP contribution in [0.4, 0.5) is 0 Å². The monoisotopic (exact) mass is 401 g/mol. The maximum absolute atomic E-state index is 13.3. The molecule has 1 saturated heterocycles. The fraction of sp³-hybridized carbons (Fsp3) is 0.304. The number of carbonyl (C=O) groups is 1. The van der Waals surface area contributed by atoms with Crippen molar-refractivity contribution in [2.45, 2.75) is 38.8 Å². The number of aromatic nitrogens is 4. The first kappa shape index (κ1) is 18.5. The number of rotatable bonds is 4. The van der Waals surface area contributed by atoms with E-state index in [1.807, 2.05) is 42.2 Å². The Balaban J connectivity index is 1.41. The van der Waals surface area contributed by atoms with Gasteiger partial charge in [0.1, 0.15) is 18.3 Å². The summed E-state index contributed by atoms with van der Waals surface area (Å²) in [6.07, 6.45) is 4.52. The number of hydrogen-bond donors (Lipinski definition) is 0. The predicted octanol–water partition coefficient (Wildman–Crippen LogP) is 4.15. The van der Waals surface area contributed by atoms with Crippen LogP contribution in [-0.2, 0) is 11.3 Å².